The van der Waals surface area contributed by atoms with Gasteiger partial charge in [-0.05, 0) is 37.3 Å². The predicted molar refractivity (Wildman–Crippen MR) is 113 cm³/mol. The lowest BCUT2D eigenvalue weighted by Crippen LogP contribution is -2.24. The summed E-state index contributed by atoms with van der Waals surface area (Å²) in [6, 6.07) is 11.8. The largest absolute Gasteiger partial charge is 0.459 e. The number of sulfonamides is 1. The molecule has 0 saturated heterocycles. The smallest absolute Gasteiger partial charge is 0.270 e. The van der Waals surface area contributed by atoms with Crippen LogP contribution in [0.4, 0.5) is 0 Å². The van der Waals surface area contributed by atoms with E-state index in [1.807, 2.05) is 25.1 Å². The molecule has 0 spiro atoms. The highest BCUT2D eigenvalue weighted by molar-refractivity contribution is 9.10. The van der Waals surface area contributed by atoms with Crippen LogP contribution in [0, 0.1) is 6.92 Å². The van der Waals surface area contributed by atoms with Crippen molar-refractivity contribution in [3.8, 4) is 0 Å². The van der Waals surface area contributed by atoms with Crippen LogP contribution in [-0.2, 0) is 16.6 Å². The van der Waals surface area contributed by atoms with Crippen LogP contribution in [0.25, 0.3) is 21.7 Å². The number of nitrogens with zero attached hydrogens (tertiary/aromatic N) is 1. The summed E-state index contributed by atoms with van der Waals surface area (Å²) in [5.41, 5.74) is 1.78. The number of aryl methyl sites for hydroxylation is 1. The van der Waals surface area contributed by atoms with Crippen LogP contribution in [0.5, 0.6) is 0 Å². The van der Waals surface area contributed by atoms with Gasteiger partial charge in [0.15, 0.2) is 0 Å². The van der Waals surface area contributed by atoms with Crippen molar-refractivity contribution in [3.05, 3.63) is 70.2 Å². The molecule has 4 rings (SSSR count). The van der Waals surface area contributed by atoms with Crippen LogP contribution < -0.4 is 10.5 Å². The second-order valence-corrected chi connectivity index (χ2v) is 8.97. The number of nitrogens with one attached hydrogen (secondary N) is 1. The minimum absolute atomic E-state index is 0.0508. The number of nitrogens with two attached hydrogens (primary N) is 1. The molecular weight excluding hydrogens is 458 g/mol. The lowest BCUT2D eigenvalue weighted by Gasteiger charge is -2.09. The van der Waals surface area contributed by atoms with Crippen LogP contribution in [0.3, 0.4) is 0 Å². The first-order valence-electron chi connectivity index (χ1n) is 8.62. The number of furan rings is 1. The molecule has 0 bridgehead atoms. The van der Waals surface area contributed by atoms with Gasteiger partial charge in [-0.2, -0.15) is 0 Å². The first-order chi connectivity index (χ1) is 13.8. The highest BCUT2D eigenvalue weighted by Gasteiger charge is 2.18. The molecule has 1 amide bonds. The van der Waals surface area contributed by atoms with E-state index in [-0.39, 0.29) is 17.1 Å². The molecule has 29 heavy (non-hydrogen) atoms. The van der Waals surface area contributed by atoms with Crippen molar-refractivity contribution >= 4 is 53.6 Å². The molecular formula is C20H16BrN3O4S. The average Bonchev–Trinajstić information content (AvgIpc) is 2.99. The van der Waals surface area contributed by atoms with E-state index in [4.69, 9.17) is 9.56 Å². The van der Waals surface area contributed by atoms with E-state index >= 15 is 0 Å². The van der Waals surface area contributed by atoms with E-state index in [1.54, 1.807) is 6.07 Å². The van der Waals surface area contributed by atoms with Crippen molar-refractivity contribution in [2.45, 2.75) is 18.4 Å². The van der Waals surface area contributed by atoms with Gasteiger partial charge < -0.3 is 9.73 Å². The Bertz CT molecular complexity index is 1380. The van der Waals surface area contributed by atoms with Crippen molar-refractivity contribution in [3.63, 3.8) is 0 Å². The normalized spacial score (nSPS) is 11.8. The third-order valence-corrected chi connectivity index (χ3v) is 6.16. The highest BCUT2D eigenvalue weighted by atomic mass is 79.9. The number of aromatic nitrogens is 1. The van der Waals surface area contributed by atoms with Gasteiger partial charge in [0, 0.05) is 32.4 Å². The summed E-state index contributed by atoms with van der Waals surface area (Å²) in [5.74, 6) is 0.195. The van der Waals surface area contributed by atoms with Gasteiger partial charge in [0.2, 0.25) is 10.0 Å². The van der Waals surface area contributed by atoms with Crippen LogP contribution in [0.15, 0.2) is 62.4 Å². The van der Waals surface area contributed by atoms with Gasteiger partial charge in [-0.25, -0.2) is 13.6 Å². The second-order valence-electron chi connectivity index (χ2n) is 6.53. The van der Waals surface area contributed by atoms with E-state index < -0.39 is 15.9 Å². The Morgan fingerprint density at radius 3 is 2.72 bits per heavy atom. The molecule has 0 radical (unpaired) electrons. The molecule has 9 heteroatoms. The molecule has 7 nitrogen and oxygen atoms in total. The molecule has 0 aliphatic rings. The number of primary sulfonamides is 1. The molecule has 4 aromatic rings. The molecule has 0 aliphatic carbocycles. The maximum absolute atomic E-state index is 12.8. The summed E-state index contributed by atoms with van der Waals surface area (Å²) in [7, 11) is -3.93. The molecule has 0 fully saturated rings. The number of hydrogen-bond acceptors (Lipinski definition) is 5. The van der Waals surface area contributed by atoms with Crippen molar-refractivity contribution in [2.75, 3.05) is 0 Å². The van der Waals surface area contributed by atoms with Gasteiger partial charge in [0.1, 0.15) is 17.0 Å². The van der Waals surface area contributed by atoms with Crippen LogP contribution in [0.1, 0.15) is 21.8 Å². The minimum atomic E-state index is -3.93. The van der Waals surface area contributed by atoms with Gasteiger partial charge in [-0.3, -0.25) is 9.78 Å². The molecule has 0 atom stereocenters. The Balaban J connectivity index is 1.66. The minimum Gasteiger partial charge on any atom is -0.459 e. The maximum atomic E-state index is 12.8. The van der Waals surface area contributed by atoms with Gasteiger partial charge in [0.05, 0.1) is 11.4 Å². The number of carbonyl (C=O) groups excluding carboxylic acids is 1. The van der Waals surface area contributed by atoms with Crippen molar-refractivity contribution in [1.82, 2.24) is 10.3 Å². The molecule has 0 unspecified atom stereocenters. The fraction of sp³-hybridized carbons (Fsp3) is 0.100. The summed E-state index contributed by atoms with van der Waals surface area (Å²) < 4.78 is 30.4. The van der Waals surface area contributed by atoms with Crippen LogP contribution in [0.2, 0.25) is 0 Å². The summed E-state index contributed by atoms with van der Waals surface area (Å²) in [4.78, 5) is 16.9. The Kier molecular flexibility index (Phi) is 4.89. The predicted octanol–water partition coefficient (Wildman–Crippen LogP) is 3.63. The zero-order valence-corrected chi connectivity index (χ0v) is 17.7. The van der Waals surface area contributed by atoms with Gasteiger partial charge >= 0.3 is 0 Å². The summed E-state index contributed by atoms with van der Waals surface area (Å²) in [6.45, 7) is 2.10. The number of amides is 1. The lowest BCUT2D eigenvalue weighted by molar-refractivity contribution is 0.0945. The van der Waals surface area contributed by atoms with Crippen molar-refractivity contribution in [2.24, 2.45) is 5.14 Å². The zero-order chi connectivity index (χ0) is 20.8. The standard InChI is InChI=1S/C20H16BrN3O4S/c1-11-15-9-12(21)5-6-16(15)28-17(11)10-24-20(25)19-14-3-2-4-18(29(22,26)27)13(14)7-8-23-19/h2-9H,10H2,1H3,(H,24,25)(H2,22,26,27). The van der Waals surface area contributed by atoms with E-state index in [1.165, 1.54) is 24.4 Å². The maximum Gasteiger partial charge on any atom is 0.270 e. The van der Waals surface area contributed by atoms with Gasteiger partial charge in [0.25, 0.3) is 5.91 Å². The molecule has 0 aliphatic heterocycles. The quantitative estimate of drug-likeness (QED) is 0.469. The number of hydrogen-bond donors (Lipinski definition) is 2. The molecule has 3 N–H and O–H groups in total. The van der Waals surface area contributed by atoms with E-state index in [0.29, 0.717) is 16.5 Å². The average molecular weight is 474 g/mol. The first kappa shape index (κ1) is 19.6. The third kappa shape index (κ3) is 3.64. The van der Waals surface area contributed by atoms with E-state index in [0.717, 1.165) is 21.0 Å². The summed E-state index contributed by atoms with van der Waals surface area (Å²) >= 11 is 3.44. The second kappa shape index (κ2) is 7.25. The molecule has 0 saturated carbocycles. The third-order valence-electron chi connectivity index (χ3n) is 4.69. The number of carbonyl (C=O) groups is 1. The van der Waals surface area contributed by atoms with Crippen LogP contribution in [-0.4, -0.2) is 19.3 Å². The first-order valence-corrected chi connectivity index (χ1v) is 11.0. The molecule has 2 aromatic heterocycles. The number of rotatable bonds is 4. The molecule has 2 heterocycles. The monoisotopic (exact) mass is 473 g/mol. The fourth-order valence-electron chi connectivity index (χ4n) is 3.26. The van der Waals surface area contributed by atoms with Gasteiger partial charge in [-0.15, -0.1) is 0 Å². The Morgan fingerprint density at radius 2 is 1.97 bits per heavy atom. The molecule has 148 valence electrons. The van der Waals surface area contributed by atoms with Gasteiger partial charge in [-0.1, -0.05) is 28.1 Å². The number of benzene rings is 2. The number of fused-ring (bicyclic) bond motifs is 2. The van der Waals surface area contributed by atoms with Crippen molar-refractivity contribution in [1.29, 1.82) is 0 Å². The number of halogens is 1. The Hall–Kier alpha value is -2.75. The Labute approximate surface area is 175 Å². The topological polar surface area (TPSA) is 115 Å². The van der Waals surface area contributed by atoms with E-state index in [2.05, 4.69) is 26.2 Å². The highest BCUT2D eigenvalue weighted by Crippen LogP contribution is 2.28. The lowest BCUT2D eigenvalue weighted by atomic mass is 10.1. The molecule has 2 aromatic carbocycles. The Morgan fingerprint density at radius 1 is 1.17 bits per heavy atom. The van der Waals surface area contributed by atoms with Crippen molar-refractivity contribution < 1.29 is 17.6 Å². The fourth-order valence-corrected chi connectivity index (χ4v) is 4.38. The summed E-state index contributed by atoms with van der Waals surface area (Å²) in [6.07, 6.45) is 1.38. The van der Waals surface area contributed by atoms with Crippen LogP contribution >= 0.6 is 15.9 Å². The number of pyridine rings is 1. The zero-order valence-electron chi connectivity index (χ0n) is 15.3. The van der Waals surface area contributed by atoms with E-state index in [9.17, 15) is 13.2 Å². The summed E-state index contributed by atoms with van der Waals surface area (Å²) in [5, 5.41) is 9.79. The SMILES string of the molecule is Cc1c(CNC(=O)c2nccc3c(S(N)(=O)=O)cccc23)oc2ccc(Br)cc12.